The quantitative estimate of drug-likeness (QED) is 0.825. The van der Waals surface area contributed by atoms with Gasteiger partial charge in [0.2, 0.25) is 5.91 Å². The standard InChI is InChI=1S/C13H25N3O3S/c1-3-14-20(18,19)16-8-4-5-12(16)13(17)15-9-6-11(2)7-10-15/h11-12,14H,3-10H2,1-2H3. The maximum atomic E-state index is 12.6. The van der Waals surface area contributed by atoms with E-state index in [9.17, 15) is 13.2 Å². The summed E-state index contributed by atoms with van der Waals surface area (Å²) in [6.07, 6.45) is 3.41. The predicted molar refractivity (Wildman–Crippen MR) is 77.3 cm³/mol. The molecule has 0 saturated carbocycles. The smallest absolute Gasteiger partial charge is 0.280 e. The van der Waals surface area contributed by atoms with E-state index >= 15 is 0 Å². The van der Waals surface area contributed by atoms with Crippen molar-refractivity contribution >= 4 is 16.1 Å². The van der Waals surface area contributed by atoms with Gasteiger partial charge < -0.3 is 4.90 Å². The molecule has 1 amide bonds. The molecule has 0 bridgehead atoms. The second-order valence-electron chi connectivity index (χ2n) is 5.78. The second-order valence-corrected chi connectivity index (χ2v) is 7.49. The Hall–Kier alpha value is -0.660. The molecule has 2 saturated heterocycles. The van der Waals surface area contributed by atoms with E-state index in [-0.39, 0.29) is 5.91 Å². The maximum Gasteiger partial charge on any atom is 0.280 e. The maximum absolute atomic E-state index is 12.6. The van der Waals surface area contributed by atoms with Crippen molar-refractivity contribution in [2.24, 2.45) is 5.92 Å². The summed E-state index contributed by atoms with van der Waals surface area (Å²) in [6.45, 7) is 6.24. The summed E-state index contributed by atoms with van der Waals surface area (Å²) >= 11 is 0. The number of carbonyl (C=O) groups excluding carboxylic acids is 1. The fourth-order valence-electron chi connectivity index (χ4n) is 2.98. The number of nitrogens with one attached hydrogen (secondary N) is 1. The molecule has 0 aromatic rings. The highest BCUT2D eigenvalue weighted by Gasteiger charge is 2.40. The van der Waals surface area contributed by atoms with Crippen molar-refractivity contribution in [1.82, 2.24) is 13.9 Å². The highest BCUT2D eigenvalue weighted by Crippen LogP contribution is 2.24. The highest BCUT2D eigenvalue weighted by atomic mass is 32.2. The van der Waals surface area contributed by atoms with Crippen LogP contribution in [0.1, 0.15) is 39.5 Å². The summed E-state index contributed by atoms with van der Waals surface area (Å²) in [6, 6.07) is -0.507. The van der Waals surface area contributed by atoms with Crippen LogP contribution >= 0.6 is 0 Å². The van der Waals surface area contributed by atoms with Crippen LogP contribution in [-0.4, -0.2) is 55.8 Å². The van der Waals surface area contributed by atoms with Crippen molar-refractivity contribution in [2.75, 3.05) is 26.2 Å². The average Bonchev–Trinajstić information content (AvgIpc) is 2.88. The molecule has 7 heteroatoms. The molecule has 2 heterocycles. The molecule has 1 N–H and O–H groups in total. The van der Waals surface area contributed by atoms with E-state index in [0.29, 0.717) is 25.4 Å². The number of piperidine rings is 1. The molecular formula is C13H25N3O3S. The van der Waals surface area contributed by atoms with Crippen molar-refractivity contribution in [2.45, 2.75) is 45.6 Å². The lowest BCUT2D eigenvalue weighted by Crippen LogP contribution is -2.52. The van der Waals surface area contributed by atoms with Gasteiger partial charge in [-0.1, -0.05) is 13.8 Å². The molecule has 116 valence electrons. The Balaban J connectivity index is 2.05. The van der Waals surface area contributed by atoms with Crippen LogP contribution in [0.3, 0.4) is 0 Å². The third-order valence-electron chi connectivity index (χ3n) is 4.22. The van der Waals surface area contributed by atoms with Crippen LogP contribution in [0.5, 0.6) is 0 Å². The molecular weight excluding hydrogens is 278 g/mol. The number of rotatable bonds is 4. The molecule has 1 unspecified atom stereocenters. The lowest BCUT2D eigenvalue weighted by Gasteiger charge is -2.34. The first kappa shape index (κ1) is 15.7. The van der Waals surface area contributed by atoms with Gasteiger partial charge in [-0.25, -0.2) is 4.72 Å². The molecule has 0 aromatic carbocycles. The first-order valence-electron chi connectivity index (χ1n) is 7.51. The highest BCUT2D eigenvalue weighted by molar-refractivity contribution is 7.87. The lowest BCUT2D eigenvalue weighted by molar-refractivity contribution is -0.136. The van der Waals surface area contributed by atoms with E-state index in [1.54, 1.807) is 6.92 Å². The Bertz CT molecular complexity index is 444. The molecule has 0 spiro atoms. The van der Waals surface area contributed by atoms with Gasteiger partial charge in [0.15, 0.2) is 0 Å². The van der Waals surface area contributed by atoms with Gasteiger partial charge in [-0.2, -0.15) is 12.7 Å². The Labute approximate surface area is 121 Å². The average molecular weight is 303 g/mol. The van der Waals surface area contributed by atoms with Crippen LogP contribution in [0, 0.1) is 5.92 Å². The van der Waals surface area contributed by atoms with Crippen LogP contribution in [0.4, 0.5) is 0 Å². The van der Waals surface area contributed by atoms with Crippen molar-refractivity contribution in [3.8, 4) is 0 Å². The SMILES string of the molecule is CCNS(=O)(=O)N1CCCC1C(=O)N1CCC(C)CC1. The van der Waals surface area contributed by atoms with E-state index in [0.717, 1.165) is 32.4 Å². The van der Waals surface area contributed by atoms with E-state index in [1.165, 1.54) is 4.31 Å². The van der Waals surface area contributed by atoms with Gasteiger partial charge in [-0.3, -0.25) is 4.79 Å². The molecule has 2 fully saturated rings. The minimum Gasteiger partial charge on any atom is -0.341 e. The topological polar surface area (TPSA) is 69.7 Å². The first-order valence-corrected chi connectivity index (χ1v) is 8.95. The summed E-state index contributed by atoms with van der Waals surface area (Å²) in [7, 11) is -3.52. The van der Waals surface area contributed by atoms with Gasteiger partial charge in [0, 0.05) is 26.2 Å². The predicted octanol–water partition coefficient (Wildman–Crippen LogP) is 0.564. The van der Waals surface area contributed by atoms with E-state index in [2.05, 4.69) is 11.6 Å². The number of nitrogens with zero attached hydrogens (tertiary/aromatic N) is 2. The molecule has 0 radical (unpaired) electrons. The molecule has 0 aliphatic carbocycles. The molecule has 0 aromatic heterocycles. The van der Waals surface area contributed by atoms with Crippen LogP contribution < -0.4 is 4.72 Å². The third kappa shape index (κ3) is 3.32. The molecule has 2 rings (SSSR count). The van der Waals surface area contributed by atoms with Crippen LogP contribution in [-0.2, 0) is 15.0 Å². The molecule has 2 aliphatic rings. The van der Waals surface area contributed by atoms with Gasteiger partial charge in [0.25, 0.3) is 10.2 Å². The number of hydrogen-bond donors (Lipinski definition) is 1. The Morgan fingerprint density at radius 1 is 1.20 bits per heavy atom. The van der Waals surface area contributed by atoms with Crippen LogP contribution in [0.25, 0.3) is 0 Å². The zero-order valence-corrected chi connectivity index (χ0v) is 13.2. The van der Waals surface area contributed by atoms with E-state index in [1.807, 2.05) is 4.90 Å². The fraction of sp³-hybridized carbons (Fsp3) is 0.923. The number of likely N-dealkylation sites (tertiary alicyclic amines) is 1. The minimum absolute atomic E-state index is 0.0177. The largest absolute Gasteiger partial charge is 0.341 e. The number of hydrogen-bond acceptors (Lipinski definition) is 3. The minimum atomic E-state index is -3.52. The van der Waals surface area contributed by atoms with Gasteiger partial charge in [-0.05, 0) is 31.6 Å². The van der Waals surface area contributed by atoms with E-state index in [4.69, 9.17) is 0 Å². The fourth-order valence-corrected chi connectivity index (χ4v) is 4.41. The third-order valence-corrected chi connectivity index (χ3v) is 5.93. The van der Waals surface area contributed by atoms with Crippen molar-refractivity contribution in [1.29, 1.82) is 0 Å². The Morgan fingerprint density at radius 3 is 2.45 bits per heavy atom. The van der Waals surface area contributed by atoms with Gasteiger partial charge in [-0.15, -0.1) is 0 Å². The van der Waals surface area contributed by atoms with Crippen LogP contribution in [0.15, 0.2) is 0 Å². The van der Waals surface area contributed by atoms with Crippen molar-refractivity contribution < 1.29 is 13.2 Å². The Kier molecular flexibility index (Phi) is 5.04. The zero-order chi connectivity index (χ0) is 14.8. The molecule has 20 heavy (non-hydrogen) atoms. The van der Waals surface area contributed by atoms with Gasteiger partial charge in [0.1, 0.15) is 6.04 Å². The zero-order valence-electron chi connectivity index (χ0n) is 12.3. The van der Waals surface area contributed by atoms with Gasteiger partial charge >= 0.3 is 0 Å². The second kappa shape index (κ2) is 6.41. The number of amides is 1. The first-order chi connectivity index (χ1) is 9.45. The summed E-state index contributed by atoms with van der Waals surface area (Å²) in [5.41, 5.74) is 0. The summed E-state index contributed by atoms with van der Waals surface area (Å²) < 4.78 is 28.1. The van der Waals surface area contributed by atoms with Crippen molar-refractivity contribution in [3.05, 3.63) is 0 Å². The molecule has 1 atom stereocenters. The summed E-state index contributed by atoms with van der Waals surface area (Å²) in [5.74, 6) is 0.639. The summed E-state index contributed by atoms with van der Waals surface area (Å²) in [4.78, 5) is 14.4. The Morgan fingerprint density at radius 2 is 1.85 bits per heavy atom. The monoisotopic (exact) mass is 303 g/mol. The lowest BCUT2D eigenvalue weighted by atomic mass is 9.98. The molecule has 2 aliphatic heterocycles. The van der Waals surface area contributed by atoms with Gasteiger partial charge in [0.05, 0.1) is 0 Å². The van der Waals surface area contributed by atoms with Crippen molar-refractivity contribution in [3.63, 3.8) is 0 Å². The molecule has 6 nitrogen and oxygen atoms in total. The van der Waals surface area contributed by atoms with E-state index < -0.39 is 16.3 Å². The van der Waals surface area contributed by atoms with Crippen LogP contribution in [0.2, 0.25) is 0 Å². The number of carbonyl (C=O) groups is 1. The summed E-state index contributed by atoms with van der Waals surface area (Å²) in [5, 5.41) is 0. The normalized spacial score (nSPS) is 26.1.